The zero-order chi connectivity index (χ0) is 8.39. The van der Waals surface area contributed by atoms with E-state index in [4.69, 9.17) is 0 Å². The van der Waals surface area contributed by atoms with Crippen molar-refractivity contribution < 1.29 is 0 Å². The van der Waals surface area contributed by atoms with E-state index in [0.29, 0.717) is 6.04 Å². The predicted molar refractivity (Wildman–Crippen MR) is 46.1 cm³/mol. The van der Waals surface area contributed by atoms with Crippen LogP contribution >= 0.6 is 0 Å². The van der Waals surface area contributed by atoms with Gasteiger partial charge >= 0.3 is 5.69 Å². The molecule has 1 aromatic heterocycles. The highest BCUT2D eigenvalue weighted by atomic mass is 16.1. The largest absolute Gasteiger partial charge is 0.323 e. The molecule has 0 bridgehead atoms. The minimum atomic E-state index is -0.108. The van der Waals surface area contributed by atoms with Gasteiger partial charge in [0.15, 0.2) is 0 Å². The van der Waals surface area contributed by atoms with Crippen LogP contribution in [0.4, 0.5) is 0 Å². The molecule has 1 aromatic rings. The van der Waals surface area contributed by atoms with Crippen molar-refractivity contribution in [2.24, 2.45) is 0 Å². The molecule has 2 rings (SSSR count). The third kappa shape index (κ3) is 1.58. The highest BCUT2D eigenvalue weighted by Gasteiger charge is 2.14. The number of aromatic amines is 2. The lowest BCUT2D eigenvalue weighted by Crippen LogP contribution is -2.23. The Balaban J connectivity index is 1.98. The zero-order valence-corrected chi connectivity index (χ0v) is 6.89. The van der Waals surface area contributed by atoms with Crippen molar-refractivity contribution >= 4 is 0 Å². The minimum Gasteiger partial charge on any atom is -0.314 e. The molecular weight excluding hydrogens is 154 g/mol. The Morgan fingerprint density at radius 1 is 1.58 bits per heavy atom. The molecule has 1 fully saturated rings. The van der Waals surface area contributed by atoms with Crippen molar-refractivity contribution in [2.75, 3.05) is 6.54 Å². The molecule has 1 unspecified atom stereocenters. The molecule has 0 aliphatic carbocycles. The first kappa shape index (κ1) is 7.61. The van der Waals surface area contributed by atoms with Gasteiger partial charge in [0.1, 0.15) is 0 Å². The summed E-state index contributed by atoms with van der Waals surface area (Å²) in [5.74, 6) is 0. The maximum absolute atomic E-state index is 10.7. The molecule has 0 spiro atoms. The fourth-order valence-corrected chi connectivity index (χ4v) is 1.68. The van der Waals surface area contributed by atoms with Crippen LogP contribution in [-0.2, 0) is 6.42 Å². The normalized spacial score (nSPS) is 23.2. The first-order valence-corrected chi connectivity index (χ1v) is 4.34. The Labute approximate surface area is 70.4 Å². The van der Waals surface area contributed by atoms with Crippen molar-refractivity contribution in [1.82, 2.24) is 15.3 Å². The maximum Gasteiger partial charge on any atom is 0.323 e. The Morgan fingerprint density at radius 2 is 2.50 bits per heavy atom. The summed E-state index contributed by atoms with van der Waals surface area (Å²) in [6.45, 7) is 1.11. The number of H-pyrrole nitrogens is 2. The average molecular weight is 167 g/mol. The third-order valence-electron chi connectivity index (χ3n) is 2.28. The summed E-state index contributed by atoms with van der Waals surface area (Å²) in [4.78, 5) is 16.1. The Bertz CT molecular complexity index is 295. The number of rotatable bonds is 2. The molecule has 1 aliphatic rings. The molecule has 3 N–H and O–H groups in total. The van der Waals surface area contributed by atoms with Crippen LogP contribution in [0.15, 0.2) is 11.0 Å². The second-order valence-electron chi connectivity index (χ2n) is 3.27. The van der Waals surface area contributed by atoms with Crippen molar-refractivity contribution in [3.8, 4) is 0 Å². The summed E-state index contributed by atoms with van der Waals surface area (Å²) in [6.07, 6.45) is 5.15. The lowest BCUT2D eigenvalue weighted by Gasteiger charge is -2.06. The highest BCUT2D eigenvalue weighted by Crippen LogP contribution is 2.08. The van der Waals surface area contributed by atoms with Gasteiger partial charge in [-0.1, -0.05) is 0 Å². The van der Waals surface area contributed by atoms with E-state index in [1.54, 1.807) is 6.20 Å². The number of imidazole rings is 1. The number of nitrogens with one attached hydrogen (secondary N) is 3. The molecule has 0 aromatic carbocycles. The van der Waals surface area contributed by atoms with Crippen LogP contribution in [0.5, 0.6) is 0 Å². The van der Waals surface area contributed by atoms with Gasteiger partial charge in [-0.3, -0.25) is 0 Å². The molecule has 0 amide bonds. The Morgan fingerprint density at radius 3 is 3.08 bits per heavy atom. The molecule has 0 radical (unpaired) electrons. The van der Waals surface area contributed by atoms with Crippen LogP contribution in [0, 0.1) is 0 Å². The number of hydrogen-bond acceptors (Lipinski definition) is 2. The topological polar surface area (TPSA) is 60.7 Å². The summed E-state index contributed by atoms with van der Waals surface area (Å²) in [7, 11) is 0. The second kappa shape index (κ2) is 3.15. The third-order valence-corrected chi connectivity index (χ3v) is 2.28. The van der Waals surface area contributed by atoms with Crippen molar-refractivity contribution in [3.05, 3.63) is 22.4 Å². The zero-order valence-electron chi connectivity index (χ0n) is 6.89. The monoisotopic (exact) mass is 167 g/mol. The summed E-state index contributed by atoms with van der Waals surface area (Å²) < 4.78 is 0. The van der Waals surface area contributed by atoms with Crippen molar-refractivity contribution in [2.45, 2.75) is 25.3 Å². The van der Waals surface area contributed by atoms with Crippen LogP contribution in [0.25, 0.3) is 0 Å². The van der Waals surface area contributed by atoms with E-state index in [2.05, 4.69) is 15.3 Å². The summed E-state index contributed by atoms with van der Waals surface area (Å²) in [5.41, 5.74) is 0.891. The first-order chi connectivity index (χ1) is 5.84. The van der Waals surface area contributed by atoms with Crippen LogP contribution in [0.1, 0.15) is 18.5 Å². The molecule has 12 heavy (non-hydrogen) atoms. The van der Waals surface area contributed by atoms with E-state index in [1.165, 1.54) is 12.8 Å². The lowest BCUT2D eigenvalue weighted by atomic mass is 10.1. The van der Waals surface area contributed by atoms with Crippen molar-refractivity contribution in [1.29, 1.82) is 0 Å². The molecule has 4 nitrogen and oxygen atoms in total. The highest BCUT2D eigenvalue weighted by molar-refractivity contribution is 4.98. The van der Waals surface area contributed by atoms with Gasteiger partial charge in [0.05, 0.1) is 0 Å². The molecule has 1 aliphatic heterocycles. The second-order valence-corrected chi connectivity index (χ2v) is 3.27. The van der Waals surface area contributed by atoms with Crippen LogP contribution in [0.2, 0.25) is 0 Å². The van der Waals surface area contributed by atoms with Gasteiger partial charge in [-0.25, -0.2) is 4.79 Å². The molecular formula is C8H13N3O. The van der Waals surface area contributed by atoms with E-state index in [1.807, 2.05) is 0 Å². The molecule has 0 saturated carbocycles. The Kier molecular flexibility index (Phi) is 1.99. The molecule has 4 heteroatoms. The fraction of sp³-hybridized carbons (Fsp3) is 0.625. The van der Waals surface area contributed by atoms with Crippen molar-refractivity contribution in [3.63, 3.8) is 0 Å². The van der Waals surface area contributed by atoms with E-state index >= 15 is 0 Å². The predicted octanol–water partition coefficient (Wildman–Crippen LogP) is -0.00250. The Hall–Kier alpha value is -1.03. The SMILES string of the molecule is O=c1[nH]cc(CC2CCCN2)[nH]1. The fourth-order valence-electron chi connectivity index (χ4n) is 1.68. The van der Waals surface area contributed by atoms with E-state index in [9.17, 15) is 4.79 Å². The van der Waals surface area contributed by atoms with Gasteiger partial charge in [-0.2, -0.15) is 0 Å². The van der Waals surface area contributed by atoms with Gasteiger partial charge in [0.2, 0.25) is 0 Å². The maximum atomic E-state index is 10.7. The van der Waals surface area contributed by atoms with Gasteiger partial charge in [0.25, 0.3) is 0 Å². The van der Waals surface area contributed by atoms with E-state index in [0.717, 1.165) is 18.7 Å². The van der Waals surface area contributed by atoms with E-state index in [-0.39, 0.29) is 5.69 Å². The molecule has 1 saturated heterocycles. The van der Waals surface area contributed by atoms with Crippen LogP contribution < -0.4 is 11.0 Å². The van der Waals surface area contributed by atoms with Crippen LogP contribution in [-0.4, -0.2) is 22.6 Å². The molecule has 1 atom stereocenters. The standard InChI is InChI=1S/C8H13N3O/c12-8-10-5-7(11-8)4-6-2-1-3-9-6/h5-6,9H,1-4H2,(H2,10,11,12). The number of hydrogen-bond donors (Lipinski definition) is 3. The van der Waals surface area contributed by atoms with Gasteiger partial charge in [-0.05, 0) is 19.4 Å². The van der Waals surface area contributed by atoms with Crippen LogP contribution in [0.3, 0.4) is 0 Å². The van der Waals surface area contributed by atoms with Gasteiger partial charge in [0, 0.05) is 24.4 Å². The molecule has 2 heterocycles. The summed E-state index contributed by atoms with van der Waals surface area (Å²) in [5, 5.41) is 3.38. The van der Waals surface area contributed by atoms with Gasteiger partial charge < -0.3 is 15.3 Å². The lowest BCUT2D eigenvalue weighted by molar-refractivity contribution is 0.596. The number of aromatic nitrogens is 2. The van der Waals surface area contributed by atoms with E-state index < -0.39 is 0 Å². The smallest absolute Gasteiger partial charge is 0.314 e. The average Bonchev–Trinajstić information content (AvgIpc) is 2.63. The first-order valence-electron chi connectivity index (χ1n) is 4.34. The summed E-state index contributed by atoms with van der Waals surface area (Å²) >= 11 is 0. The van der Waals surface area contributed by atoms with Gasteiger partial charge in [-0.15, -0.1) is 0 Å². The quantitative estimate of drug-likeness (QED) is 0.580. The minimum absolute atomic E-state index is 0.108. The summed E-state index contributed by atoms with van der Waals surface area (Å²) in [6, 6.07) is 0.552. The molecule has 66 valence electrons.